The Kier molecular flexibility index (Phi) is 4.30. The summed E-state index contributed by atoms with van der Waals surface area (Å²) in [6.07, 6.45) is 2.95. The van der Waals surface area contributed by atoms with Crippen molar-refractivity contribution in [2.24, 2.45) is 0 Å². The molecule has 0 aliphatic carbocycles. The van der Waals surface area contributed by atoms with Crippen molar-refractivity contribution in [3.63, 3.8) is 0 Å². The van der Waals surface area contributed by atoms with Crippen LogP contribution in [0.4, 0.5) is 0 Å². The fourth-order valence-electron chi connectivity index (χ4n) is 1.42. The van der Waals surface area contributed by atoms with Gasteiger partial charge in [-0.2, -0.15) is 0 Å². The Morgan fingerprint density at radius 1 is 1.32 bits per heavy atom. The lowest BCUT2D eigenvalue weighted by Crippen LogP contribution is -2.05. The summed E-state index contributed by atoms with van der Waals surface area (Å²) in [4.78, 5) is 18.6. The molecule has 0 aliphatic rings. The zero-order chi connectivity index (χ0) is 13.7. The lowest BCUT2D eigenvalue weighted by molar-refractivity contribution is -0.137. The Balaban J connectivity index is 2.04. The molecule has 0 bridgehead atoms. The predicted octanol–water partition coefficient (Wildman–Crippen LogP) is 2.65. The summed E-state index contributed by atoms with van der Waals surface area (Å²) in [7, 11) is 0. The Morgan fingerprint density at radius 2 is 2.05 bits per heavy atom. The smallest absolute Gasteiger partial charge is 0.306 e. The standard InChI is InChI=1S/C13H11ClN2O3/c14-10-3-1-2-9(6-10)13-15-7-11(8-16-13)19-5-4-12(17)18/h1-3,6-8H,4-5H2,(H,17,18). The molecule has 0 saturated heterocycles. The van der Waals surface area contributed by atoms with E-state index in [-0.39, 0.29) is 13.0 Å². The Hall–Kier alpha value is -2.14. The van der Waals surface area contributed by atoms with Crippen LogP contribution in [0.2, 0.25) is 5.02 Å². The first-order valence-corrected chi connectivity index (χ1v) is 5.95. The normalized spacial score (nSPS) is 10.2. The van der Waals surface area contributed by atoms with Gasteiger partial charge in [0.15, 0.2) is 11.6 Å². The number of benzene rings is 1. The molecule has 0 unspecified atom stereocenters. The highest BCUT2D eigenvalue weighted by Gasteiger charge is 2.03. The minimum Gasteiger partial charge on any atom is -0.490 e. The number of carboxylic acids is 1. The summed E-state index contributed by atoms with van der Waals surface area (Å²) in [6.45, 7) is 0.0925. The highest BCUT2D eigenvalue weighted by Crippen LogP contribution is 2.20. The molecule has 0 atom stereocenters. The van der Waals surface area contributed by atoms with Crippen molar-refractivity contribution in [1.29, 1.82) is 0 Å². The van der Waals surface area contributed by atoms with Crippen LogP contribution < -0.4 is 4.74 Å². The summed E-state index contributed by atoms with van der Waals surface area (Å²) < 4.78 is 5.20. The van der Waals surface area contributed by atoms with Crippen LogP contribution in [0.15, 0.2) is 36.7 Å². The molecule has 2 aromatic rings. The topological polar surface area (TPSA) is 72.3 Å². The van der Waals surface area contributed by atoms with Crippen LogP contribution in [-0.4, -0.2) is 27.7 Å². The van der Waals surface area contributed by atoms with E-state index < -0.39 is 5.97 Å². The van der Waals surface area contributed by atoms with Gasteiger partial charge in [0.25, 0.3) is 0 Å². The van der Waals surface area contributed by atoms with Crippen LogP contribution in [0.1, 0.15) is 6.42 Å². The van der Waals surface area contributed by atoms with Gasteiger partial charge in [-0.1, -0.05) is 23.7 Å². The first kappa shape index (κ1) is 13.3. The largest absolute Gasteiger partial charge is 0.490 e. The van der Waals surface area contributed by atoms with E-state index in [1.165, 1.54) is 12.4 Å². The SMILES string of the molecule is O=C(O)CCOc1cnc(-c2cccc(Cl)c2)nc1. The number of carbonyl (C=O) groups is 1. The molecule has 0 fully saturated rings. The predicted molar refractivity (Wildman–Crippen MR) is 70.2 cm³/mol. The molecule has 98 valence electrons. The van der Waals surface area contributed by atoms with Crippen molar-refractivity contribution in [2.45, 2.75) is 6.42 Å². The molecule has 1 N–H and O–H groups in total. The van der Waals surface area contributed by atoms with Crippen molar-refractivity contribution in [2.75, 3.05) is 6.61 Å². The maximum atomic E-state index is 10.3. The molecule has 1 heterocycles. The number of ether oxygens (including phenoxy) is 1. The minimum atomic E-state index is -0.906. The number of aromatic nitrogens is 2. The number of aliphatic carboxylic acids is 1. The summed E-state index contributed by atoms with van der Waals surface area (Å²) in [5.41, 5.74) is 0.810. The average molecular weight is 279 g/mol. The van der Waals surface area contributed by atoms with E-state index in [0.29, 0.717) is 16.6 Å². The third kappa shape index (κ3) is 3.93. The molecule has 0 aliphatic heterocycles. The van der Waals surface area contributed by atoms with E-state index in [9.17, 15) is 4.79 Å². The number of rotatable bonds is 5. The van der Waals surface area contributed by atoms with Gasteiger partial charge in [0, 0.05) is 10.6 Å². The zero-order valence-electron chi connectivity index (χ0n) is 9.91. The second-order valence-corrected chi connectivity index (χ2v) is 4.18. The second kappa shape index (κ2) is 6.15. The van der Waals surface area contributed by atoms with Crippen molar-refractivity contribution in [3.05, 3.63) is 41.7 Å². The first-order valence-electron chi connectivity index (χ1n) is 5.58. The molecule has 0 amide bonds. The Morgan fingerprint density at radius 3 is 2.68 bits per heavy atom. The molecule has 2 rings (SSSR count). The van der Waals surface area contributed by atoms with E-state index >= 15 is 0 Å². The van der Waals surface area contributed by atoms with Gasteiger partial charge >= 0.3 is 5.97 Å². The van der Waals surface area contributed by atoms with E-state index in [1.54, 1.807) is 12.1 Å². The molecular weight excluding hydrogens is 268 g/mol. The van der Waals surface area contributed by atoms with Crippen LogP contribution in [0.25, 0.3) is 11.4 Å². The van der Waals surface area contributed by atoms with Crippen LogP contribution in [0.5, 0.6) is 5.75 Å². The number of halogens is 1. The van der Waals surface area contributed by atoms with Crippen molar-refractivity contribution in [1.82, 2.24) is 9.97 Å². The van der Waals surface area contributed by atoms with E-state index in [2.05, 4.69) is 9.97 Å². The summed E-state index contributed by atoms with van der Waals surface area (Å²) in [5, 5.41) is 9.10. The molecule has 19 heavy (non-hydrogen) atoms. The molecule has 1 aromatic carbocycles. The lowest BCUT2D eigenvalue weighted by atomic mass is 10.2. The van der Waals surface area contributed by atoms with E-state index in [4.69, 9.17) is 21.4 Å². The van der Waals surface area contributed by atoms with Crippen LogP contribution >= 0.6 is 11.6 Å². The second-order valence-electron chi connectivity index (χ2n) is 3.74. The maximum Gasteiger partial charge on any atom is 0.306 e. The summed E-state index contributed by atoms with van der Waals surface area (Å²) in [5.74, 6) is 0.0663. The minimum absolute atomic E-state index is 0.0595. The fraction of sp³-hybridized carbons (Fsp3) is 0.154. The van der Waals surface area contributed by atoms with Crippen LogP contribution in [-0.2, 0) is 4.79 Å². The molecule has 1 aromatic heterocycles. The molecule has 0 radical (unpaired) electrons. The third-order valence-electron chi connectivity index (χ3n) is 2.30. The van der Waals surface area contributed by atoms with Gasteiger partial charge in [-0.25, -0.2) is 9.97 Å². The lowest BCUT2D eigenvalue weighted by Gasteiger charge is -2.04. The third-order valence-corrected chi connectivity index (χ3v) is 2.53. The quantitative estimate of drug-likeness (QED) is 0.910. The Labute approximate surface area is 114 Å². The molecule has 6 heteroatoms. The average Bonchev–Trinajstić information content (AvgIpc) is 2.39. The van der Waals surface area contributed by atoms with Gasteiger partial charge in [-0.3, -0.25) is 4.79 Å². The molecule has 5 nitrogen and oxygen atoms in total. The number of carboxylic acid groups (broad SMARTS) is 1. The monoisotopic (exact) mass is 278 g/mol. The van der Waals surface area contributed by atoms with Gasteiger partial charge in [-0.05, 0) is 12.1 Å². The van der Waals surface area contributed by atoms with E-state index in [1.807, 2.05) is 12.1 Å². The Bertz CT molecular complexity index is 572. The number of nitrogens with zero attached hydrogens (tertiary/aromatic N) is 2. The van der Waals surface area contributed by atoms with Gasteiger partial charge in [-0.15, -0.1) is 0 Å². The van der Waals surface area contributed by atoms with Gasteiger partial charge < -0.3 is 9.84 Å². The maximum absolute atomic E-state index is 10.3. The molecular formula is C13H11ClN2O3. The molecule has 0 saturated carbocycles. The highest BCUT2D eigenvalue weighted by atomic mass is 35.5. The van der Waals surface area contributed by atoms with Crippen LogP contribution in [0, 0.1) is 0 Å². The zero-order valence-corrected chi connectivity index (χ0v) is 10.7. The summed E-state index contributed by atoms with van der Waals surface area (Å²) in [6, 6.07) is 7.21. The number of hydrogen-bond donors (Lipinski definition) is 1. The fourth-order valence-corrected chi connectivity index (χ4v) is 1.61. The summed E-state index contributed by atoms with van der Waals surface area (Å²) >= 11 is 5.89. The number of hydrogen-bond acceptors (Lipinski definition) is 4. The van der Waals surface area contributed by atoms with Crippen molar-refractivity contribution < 1.29 is 14.6 Å². The van der Waals surface area contributed by atoms with Gasteiger partial charge in [0.05, 0.1) is 25.4 Å². The molecule has 0 spiro atoms. The van der Waals surface area contributed by atoms with Crippen LogP contribution in [0.3, 0.4) is 0 Å². The van der Waals surface area contributed by atoms with Gasteiger partial charge in [0.1, 0.15) is 0 Å². The first-order chi connectivity index (χ1) is 9.15. The van der Waals surface area contributed by atoms with Gasteiger partial charge in [0.2, 0.25) is 0 Å². The van der Waals surface area contributed by atoms with Crippen molar-refractivity contribution >= 4 is 17.6 Å². The van der Waals surface area contributed by atoms with Crippen molar-refractivity contribution in [3.8, 4) is 17.1 Å². The highest BCUT2D eigenvalue weighted by molar-refractivity contribution is 6.30. The van der Waals surface area contributed by atoms with E-state index in [0.717, 1.165) is 5.56 Å².